The van der Waals surface area contributed by atoms with E-state index in [0.29, 0.717) is 36.0 Å². The third kappa shape index (κ3) is 4.92. The molecule has 0 saturated carbocycles. The van der Waals surface area contributed by atoms with Gasteiger partial charge in [0.2, 0.25) is 0 Å². The summed E-state index contributed by atoms with van der Waals surface area (Å²) in [5.74, 6) is 0.0257. The molecule has 0 bridgehead atoms. The van der Waals surface area contributed by atoms with E-state index < -0.39 is 18.4 Å². The van der Waals surface area contributed by atoms with E-state index in [-0.39, 0.29) is 10.8 Å². The molecule has 0 fully saturated rings. The van der Waals surface area contributed by atoms with E-state index >= 15 is 0 Å². The van der Waals surface area contributed by atoms with Crippen LogP contribution in [-0.4, -0.2) is 53.7 Å². The molecule has 0 aliphatic carbocycles. The second-order valence-corrected chi connectivity index (χ2v) is 9.60. The predicted octanol–water partition coefficient (Wildman–Crippen LogP) is 4.71. The highest BCUT2D eigenvalue weighted by Gasteiger charge is 2.23. The van der Waals surface area contributed by atoms with E-state index in [0.717, 1.165) is 33.0 Å². The summed E-state index contributed by atoms with van der Waals surface area (Å²) in [7, 11) is 0. The Bertz CT molecular complexity index is 1650. The summed E-state index contributed by atoms with van der Waals surface area (Å²) in [6.45, 7) is 1.78. The number of carboxylic acid groups (broad SMARTS) is 1. The van der Waals surface area contributed by atoms with Crippen molar-refractivity contribution in [2.75, 3.05) is 6.54 Å². The summed E-state index contributed by atoms with van der Waals surface area (Å²) < 4.78 is 8.71. The van der Waals surface area contributed by atoms with Crippen LogP contribution in [0.3, 0.4) is 0 Å². The third-order valence-electron chi connectivity index (χ3n) is 5.90. The van der Waals surface area contributed by atoms with Crippen LogP contribution >= 0.6 is 27.5 Å². The van der Waals surface area contributed by atoms with Crippen molar-refractivity contribution in [3.05, 3.63) is 69.2 Å². The first-order valence-corrected chi connectivity index (χ1v) is 12.8. The van der Waals surface area contributed by atoms with Crippen LogP contribution in [-0.2, 0) is 17.8 Å². The normalized spacial score (nSPS) is 11.2. The van der Waals surface area contributed by atoms with Crippen LogP contribution in [0.25, 0.3) is 33.7 Å². The summed E-state index contributed by atoms with van der Waals surface area (Å²) >= 11 is 10.0. The first-order valence-electron chi connectivity index (χ1n) is 11.7. The number of carbonyl (C=O) groups is 2. The largest absolute Gasteiger partial charge is 0.480 e. The molecule has 13 heteroatoms. The molecule has 0 radical (unpaired) electrons. The van der Waals surface area contributed by atoms with Gasteiger partial charge in [0, 0.05) is 29.5 Å². The lowest BCUT2D eigenvalue weighted by Gasteiger charge is -2.12. The third-order valence-corrected chi connectivity index (χ3v) is 6.95. The molecule has 0 atom stereocenters. The maximum atomic E-state index is 12.8. The van der Waals surface area contributed by atoms with Crippen LogP contribution < -0.4 is 5.32 Å². The molecule has 3 aromatic heterocycles. The van der Waals surface area contributed by atoms with Crippen molar-refractivity contribution in [3.8, 4) is 22.7 Å². The Morgan fingerprint density at radius 3 is 2.71 bits per heavy atom. The summed E-state index contributed by atoms with van der Waals surface area (Å²) in [5.41, 5.74) is 3.25. The number of aromatic amines is 1. The van der Waals surface area contributed by atoms with E-state index in [1.165, 1.54) is 0 Å². The first-order chi connectivity index (χ1) is 18.4. The van der Waals surface area contributed by atoms with Crippen LogP contribution in [0.1, 0.15) is 35.2 Å². The van der Waals surface area contributed by atoms with E-state index in [1.807, 2.05) is 49.4 Å². The van der Waals surface area contributed by atoms with E-state index in [9.17, 15) is 9.59 Å². The molecule has 0 aliphatic rings. The quantitative estimate of drug-likeness (QED) is 0.221. The number of fused-ring (bicyclic) bond motifs is 1. The molecular weight excluding hydrogens is 578 g/mol. The number of aromatic nitrogens is 6. The molecule has 0 aliphatic heterocycles. The summed E-state index contributed by atoms with van der Waals surface area (Å²) in [5, 5.41) is 26.4. The fourth-order valence-electron chi connectivity index (χ4n) is 4.24. The molecule has 5 aromatic rings. The van der Waals surface area contributed by atoms with Gasteiger partial charge in [-0.15, -0.1) is 5.10 Å². The van der Waals surface area contributed by atoms with Crippen LogP contribution in [0, 0.1) is 0 Å². The van der Waals surface area contributed by atoms with Gasteiger partial charge in [-0.1, -0.05) is 48.9 Å². The molecule has 3 heterocycles. The van der Waals surface area contributed by atoms with Crippen molar-refractivity contribution in [1.82, 2.24) is 35.5 Å². The molecule has 194 valence electrons. The van der Waals surface area contributed by atoms with Gasteiger partial charge >= 0.3 is 5.97 Å². The number of aliphatic carboxylic acids is 1. The van der Waals surface area contributed by atoms with Gasteiger partial charge in [0.05, 0.1) is 4.47 Å². The molecule has 0 spiro atoms. The molecule has 3 N–H and O–H groups in total. The van der Waals surface area contributed by atoms with Crippen molar-refractivity contribution in [1.29, 1.82) is 0 Å². The van der Waals surface area contributed by atoms with Crippen LogP contribution in [0.15, 0.2) is 51.4 Å². The summed E-state index contributed by atoms with van der Waals surface area (Å²) in [4.78, 5) is 28.1. The predicted molar refractivity (Wildman–Crippen MR) is 143 cm³/mol. The van der Waals surface area contributed by atoms with Crippen LogP contribution in [0.2, 0.25) is 5.15 Å². The minimum absolute atomic E-state index is 0.0303. The number of imidazole rings is 1. The number of amides is 1. The maximum absolute atomic E-state index is 12.8. The number of rotatable bonds is 9. The highest BCUT2D eigenvalue weighted by atomic mass is 79.9. The second kappa shape index (κ2) is 10.8. The minimum Gasteiger partial charge on any atom is -0.480 e. The van der Waals surface area contributed by atoms with E-state index in [1.54, 1.807) is 4.57 Å². The zero-order chi connectivity index (χ0) is 26.8. The Morgan fingerprint density at radius 2 is 2.00 bits per heavy atom. The van der Waals surface area contributed by atoms with Crippen molar-refractivity contribution < 1.29 is 19.1 Å². The standard InChI is InChI=1S/C25H21BrClN7O4/c1-2-5-18-29-23(27)21(25(37)28-11-19(35)36)34(18)12-13-8-9-17-16(10-13)20(26)22(38-17)14-6-3-4-7-15(14)24-30-32-33-31-24/h3-4,6-10H,2,5,11-12H2,1H3,(H,28,37)(H,35,36)(H,30,31,32,33). The van der Waals surface area contributed by atoms with Crippen molar-refractivity contribution in [2.24, 2.45) is 0 Å². The number of hydrogen-bond donors (Lipinski definition) is 3. The molecule has 38 heavy (non-hydrogen) atoms. The Labute approximate surface area is 229 Å². The number of aryl methyl sites for hydroxylation is 1. The topological polar surface area (TPSA) is 152 Å². The Hall–Kier alpha value is -4.03. The van der Waals surface area contributed by atoms with E-state index in [2.05, 4.69) is 46.9 Å². The average Bonchev–Trinajstić information content (AvgIpc) is 3.62. The van der Waals surface area contributed by atoms with Gasteiger partial charge in [-0.05, 0) is 50.5 Å². The van der Waals surface area contributed by atoms with Crippen molar-refractivity contribution >= 4 is 50.4 Å². The lowest BCUT2D eigenvalue weighted by atomic mass is 10.0. The molecule has 0 saturated heterocycles. The molecule has 11 nitrogen and oxygen atoms in total. The number of tetrazole rings is 1. The minimum atomic E-state index is -1.15. The Morgan fingerprint density at radius 1 is 1.21 bits per heavy atom. The Kier molecular flexibility index (Phi) is 7.25. The first kappa shape index (κ1) is 25.6. The zero-order valence-corrected chi connectivity index (χ0v) is 22.4. The van der Waals surface area contributed by atoms with Gasteiger partial charge in [-0.25, -0.2) is 10.1 Å². The summed E-state index contributed by atoms with van der Waals surface area (Å²) in [6, 6.07) is 13.3. The monoisotopic (exact) mass is 597 g/mol. The second-order valence-electron chi connectivity index (χ2n) is 8.45. The van der Waals surface area contributed by atoms with Gasteiger partial charge in [0.25, 0.3) is 5.91 Å². The number of carboxylic acids is 1. The average molecular weight is 599 g/mol. The van der Waals surface area contributed by atoms with Gasteiger partial charge in [-0.3, -0.25) is 9.59 Å². The zero-order valence-electron chi connectivity index (χ0n) is 20.0. The molecule has 5 rings (SSSR count). The highest BCUT2D eigenvalue weighted by molar-refractivity contribution is 9.10. The lowest BCUT2D eigenvalue weighted by Crippen LogP contribution is -2.31. The van der Waals surface area contributed by atoms with Gasteiger partial charge < -0.3 is 19.4 Å². The number of carbonyl (C=O) groups excluding carboxylic acids is 1. The summed E-state index contributed by atoms with van der Waals surface area (Å²) in [6.07, 6.45) is 1.39. The highest BCUT2D eigenvalue weighted by Crippen LogP contribution is 2.41. The number of hydrogen-bond acceptors (Lipinski definition) is 7. The van der Waals surface area contributed by atoms with Crippen LogP contribution in [0.5, 0.6) is 0 Å². The Balaban J connectivity index is 1.54. The fourth-order valence-corrected chi connectivity index (χ4v) is 5.13. The maximum Gasteiger partial charge on any atom is 0.322 e. The number of H-pyrrole nitrogens is 1. The van der Waals surface area contributed by atoms with Gasteiger partial charge in [-0.2, -0.15) is 0 Å². The van der Waals surface area contributed by atoms with Crippen molar-refractivity contribution in [2.45, 2.75) is 26.3 Å². The number of nitrogens with zero attached hydrogens (tertiary/aromatic N) is 5. The van der Waals surface area contributed by atoms with Gasteiger partial charge in [0.15, 0.2) is 11.0 Å². The lowest BCUT2D eigenvalue weighted by molar-refractivity contribution is -0.135. The number of halogens is 2. The fraction of sp³-hybridized carbons (Fsp3) is 0.200. The molecule has 2 aromatic carbocycles. The van der Waals surface area contributed by atoms with Crippen LogP contribution in [0.4, 0.5) is 0 Å². The van der Waals surface area contributed by atoms with Crippen molar-refractivity contribution in [3.63, 3.8) is 0 Å². The number of benzene rings is 2. The number of nitrogens with one attached hydrogen (secondary N) is 2. The smallest absolute Gasteiger partial charge is 0.322 e. The SMILES string of the molecule is CCCc1nc(Cl)c(C(=O)NCC(=O)O)n1Cc1ccc2oc(-c3ccccc3-c3nnn[nH]3)c(Br)c2c1. The molecule has 1 amide bonds. The van der Waals surface area contributed by atoms with Gasteiger partial charge in [0.1, 0.15) is 29.4 Å². The number of furan rings is 1. The molecular formula is C25H21BrClN7O4. The molecule has 0 unspecified atom stereocenters. The van der Waals surface area contributed by atoms with E-state index in [4.69, 9.17) is 21.1 Å².